The number of hydrogen-bond donors (Lipinski definition) is 0. The van der Waals surface area contributed by atoms with Crippen molar-refractivity contribution < 1.29 is 0 Å². The smallest absolute Gasteiger partial charge is 0.105 e. The number of likely N-dealkylation sites (tertiary alicyclic amines) is 1. The standard InChI is InChI=1S/C19H24N2S/c1-2-14-21-15-7-6-12-18(21)17-11-8-13-20-19(17)22-16-9-4-3-5-10-16/h3-5,8-11,13,18H,2,6-7,12,14-15H2,1H3/t18-/m0/s1. The lowest BCUT2D eigenvalue weighted by molar-refractivity contribution is 0.146. The van der Waals surface area contributed by atoms with Gasteiger partial charge in [-0.05, 0) is 50.6 Å². The van der Waals surface area contributed by atoms with Crippen LogP contribution in [0.4, 0.5) is 0 Å². The number of pyridine rings is 1. The highest BCUT2D eigenvalue weighted by Crippen LogP contribution is 2.37. The van der Waals surface area contributed by atoms with Gasteiger partial charge >= 0.3 is 0 Å². The molecule has 1 aliphatic rings. The van der Waals surface area contributed by atoms with Gasteiger partial charge in [0.15, 0.2) is 0 Å². The van der Waals surface area contributed by atoms with Crippen LogP contribution in [0.5, 0.6) is 0 Å². The van der Waals surface area contributed by atoms with Crippen LogP contribution in [0.15, 0.2) is 58.6 Å². The SMILES string of the molecule is CCCN1CCCC[C@H]1c1cccnc1Sc1ccccc1. The van der Waals surface area contributed by atoms with Crippen LogP contribution < -0.4 is 0 Å². The first-order valence-electron chi connectivity index (χ1n) is 8.30. The Morgan fingerprint density at radius 1 is 1.14 bits per heavy atom. The third-order valence-corrected chi connectivity index (χ3v) is 5.28. The van der Waals surface area contributed by atoms with Gasteiger partial charge in [-0.1, -0.05) is 49.4 Å². The van der Waals surface area contributed by atoms with E-state index in [1.165, 1.54) is 54.3 Å². The van der Waals surface area contributed by atoms with E-state index in [1.54, 1.807) is 11.8 Å². The maximum absolute atomic E-state index is 4.68. The number of piperidine rings is 1. The molecule has 2 aromatic rings. The number of nitrogens with zero attached hydrogens (tertiary/aromatic N) is 2. The summed E-state index contributed by atoms with van der Waals surface area (Å²) in [6, 6.07) is 15.5. The molecule has 2 heterocycles. The molecule has 0 amide bonds. The number of rotatable bonds is 5. The Kier molecular flexibility index (Phi) is 5.52. The van der Waals surface area contributed by atoms with Crippen LogP contribution in [0.2, 0.25) is 0 Å². The highest BCUT2D eigenvalue weighted by Gasteiger charge is 2.25. The van der Waals surface area contributed by atoms with Gasteiger partial charge in [0, 0.05) is 22.7 Å². The molecular weight excluding hydrogens is 288 g/mol. The number of aromatic nitrogens is 1. The lowest BCUT2D eigenvalue weighted by Crippen LogP contribution is -2.34. The molecule has 0 spiro atoms. The summed E-state index contributed by atoms with van der Waals surface area (Å²) in [6.07, 6.45) is 7.06. The van der Waals surface area contributed by atoms with Crippen molar-refractivity contribution in [3.8, 4) is 0 Å². The van der Waals surface area contributed by atoms with Crippen LogP contribution in [0.1, 0.15) is 44.2 Å². The van der Waals surface area contributed by atoms with E-state index in [1.807, 2.05) is 6.20 Å². The Bertz CT molecular complexity index is 583. The highest BCUT2D eigenvalue weighted by atomic mass is 32.2. The van der Waals surface area contributed by atoms with E-state index < -0.39 is 0 Å². The Labute approximate surface area is 138 Å². The van der Waals surface area contributed by atoms with Gasteiger partial charge in [0.25, 0.3) is 0 Å². The molecule has 1 aromatic carbocycles. The van der Waals surface area contributed by atoms with E-state index in [0.717, 1.165) is 0 Å². The molecule has 3 heteroatoms. The van der Waals surface area contributed by atoms with Gasteiger partial charge in [-0.3, -0.25) is 4.90 Å². The van der Waals surface area contributed by atoms with E-state index in [0.29, 0.717) is 6.04 Å². The third-order valence-electron chi connectivity index (χ3n) is 4.24. The quantitative estimate of drug-likeness (QED) is 0.757. The predicted molar refractivity (Wildman–Crippen MR) is 93.3 cm³/mol. The fourth-order valence-electron chi connectivity index (χ4n) is 3.24. The molecular formula is C19H24N2S. The molecule has 116 valence electrons. The molecule has 22 heavy (non-hydrogen) atoms. The fourth-order valence-corrected chi connectivity index (χ4v) is 4.19. The molecule has 1 aromatic heterocycles. The van der Waals surface area contributed by atoms with Crippen molar-refractivity contribution >= 4 is 11.8 Å². The van der Waals surface area contributed by atoms with Crippen molar-refractivity contribution in [3.63, 3.8) is 0 Å². The average Bonchev–Trinajstić information content (AvgIpc) is 2.57. The first-order valence-corrected chi connectivity index (χ1v) is 9.12. The van der Waals surface area contributed by atoms with Gasteiger partial charge in [-0.15, -0.1) is 0 Å². The molecule has 1 saturated heterocycles. The zero-order chi connectivity index (χ0) is 15.2. The van der Waals surface area contributed by atoms with Crippen LogP contribution in [0.25, 0.3) is 0 Å². The summed E-state index contributed by atoms with van der Waals surface area (Å²) in [7, 11) is 0. The maximum atomic E-state index is 4.68. The van der Waals surface area contributed by atoms with Gasteiger partial charge in [-0.2, -0.15) is 0 Å². The normalized spacial score (nSPS) is 19.2. The third kappa shape index (κ3) is 3.71. The molecule has 3 rings (SSSR count). The minimum Gasteiger partial charge on any atom is -0.296 e. The van der Waals surface area contributed by atoms with Gasteiger partial charge in [0.1, 0.15) is 5.03 Å². The highest BCUT2D eigenvalue weighted by molar-refractivity contribution is 7.99. The Morgan fingerprint density at radius 2 is 2.00 bits per heavy atom. The van der Waals surface area contributed by atoms with Crippen LogP contribution in [0, 0.1) is 0 Å². The molecule has 0 aliphatic carbocycles. The molecule has 1 fully saturated rings. The molecule has 0 radical (unpaired) electrons. The summed E-state index contributed by atoms with van der Waals surface area (Å²) < 4.78 is 0. The van der Waals surface area contributed by atoms with Crippen LogP contribution >= 0.6 is 11.8 Å². The second-order valence-electron chi connectivity index (χ2n) is 5.86. The summed E-state index contributed by atoms with van der Waals surface area (Å²) in [4.78, 5) is 8.59. The summed E-state index contributed by atoms with van der Waals surface area (Å²) in [5.74, 6) is 0. The zero-order valence-electron chi connectivity index (χ0n) is 13.2. The van der Waals surface area contributed by atoms with Crippen molar-refractivity contribution in [2.45, 2.75) is 48.6 Å². The van der Waals surface area contributed by atoms with Gasteiger partial charge in [-0.25, -0.2) is 4.98 Å². The molecule has 0 unspecified atom stereocenters. The zero-order valence-corrected chi connectivity index (χ0v) is 14.1. The molecule has 1 aliphatic heterocycles. The second kappa shape index (κ2) is 7.80. The summed E-state index contributed by atoms with van der Waals surface area (Å²) in [6.45, 7) is 4.69. The first-order chi connectivity index (χ1) is 10.9. The van der Waals surface area contributed by atoms with Gasteiger partial charge in [0.2, 0.25) is 0 Å². The minimum atomic E-state index is 0.536. The van der Waals surface area contributed by atoms with Crippen molar-refractivity contribution in [2.24, 2.45) is 0 Å². The molecule has 0 saturated carbocycles. The first kappa shape index (κ1) is 15.6. The number of benzene rings is 1. The second-order valence-corrected chi connectivity index (χ2v) is 6.92. The summed E-state index contributed by atoms with van der Waals surface area (Å²) >= 11 is 1.79. The number of hydrogen-bond acceptors (Lipinski definition) is 3. The Morgan fingerprint density at radius 3 is 2.82 bits per heavy atom. The van der Waals surface area contributed by atoms with E-state index in [-0.39, 0.29) is 0 Å². The van der Waals surface area contributed by atoms with E-state index in [9.17, 15) is 0 Å². The Balaban J connectivity index is 1.86. The monoisotopic (exact) mass is 312 g/mol. The van der Waals surface area contributed by atoms with Crippen LogP contribution in [-0.2, 0) is 0 Å². The van der Waals surface area contributed by atoms with Crippen LogP contribution in [0.3, 0.4) is 0 Å². The predicted octanol–water partition coefficient (Wildman–Crippen LogP) is 5.17. The molecule has 0 N–H and O–H groups in total. The minimum absolute atomic E-state index is 0.536. The average molecular weight is 312 g/mol. The van der Waals surface area contributed by atoms with Crippen molar-refractivity contribution in [1.82, 2.24) is 9.88 Å². The van der Waals surface area contributed by atoms with E-state index in [4.69, 9.17) is 0 Å². The molecule has 0 bridgehead atoms. The van der Waals surface area contributed by atoms with E-state index >= 15 is 0 Å². The molecule has 1 atom stereocenters. The Hall–Kier alpha value is -1.32. The fraction of sp³-hybridized carbons (Fsp3) is 0.421. The van der Waals surface area contributed by atoms with Crippen molar-refractivity contribution in [2.75, 3.05) is 13.1 Å². The lowest BCUT2D eigenvalue weighted by Gasteiger charge is -2.36. The molecule has 2 nitrogen and oxygen atoms in total. The summed E-state index contributed by atoms with van der Waals surface area (Å²) in [5.41, 5.74) is 1.41. The van der Waals surface area contributed by atoms with Crippen LogP contribution in [-0.4, -0.2) is 23.0 Å². The van der Waals surface area contributed by atoms with E-state index in [2.05, 4.69) is 59.3 Å². The van der Waals surface area contributed by atoms with Gasteiger partial charge < -0.3 is 0 Å². The largest absolute Gasteiger partial charge is 0.296 e. The van der Waals surface area contributed by atoms with Crippen molar-refractivity contribution in [1.29, 1.82) is 0 Å². The van der Waals surface area contributed by atoms with Crippen molar-refractivity contribution in [3.05, 3.63) is 54.2 Å². The summed E-state index contributed by atoms with van der Waals surface area (Å²) in [5, 5.41) is 1.17. The topological polar surface area (TPSA) is 16.1 Å². The maximum Gasteiger partial charge on any atom is 0.105 e. The van der Waals surface area contributed by atoms with Gasteiger partial charge in [0.05, 0.1) is 0 Å². The lowest BCUT2D eigenvalue weighted by atomic mass is 9.96.